The number of carbonyl (C=O) groups is 3. The first-order valence-electron chi connectivity index (χ1n) is 8.31. The standard InChI is InChI=1S/C19H20N2O6/c22-15-6-3-13(4-7-15)5-8-17(23)20-16(19(26)27)9-11-21-10-1-2-14(12-21)18(24)25/h1-8,10,16,22H,9,11-12H2,(H,20,23)(H,24,25)(H,26,27)/p+1. The van der Waals surface area contributed by atoms with Crippen molar-refractivity contribution < 1.29 is 34.6 Å². The third-order valence-electron chi connectivity index (χ3n) is 4.01. The summed E-state index contributed by atoms with van der Waals surface area (Å²) < 4.78 is 0. The molecule has 0 saturated carbocycles. The highest BCUT2D eigenvalue weighted by Gasteiger charge is 2.23. The summed E-state index contributed by atoms with van der Waals surface area (Å²) >= 11 is 0. The molecule has 1 heterocycles. The fourth-order valence-electron chi connectivity index (χ4n) is 2.55. The topological polar surface area (TPSA) is 128 Å². The summed E-state index contributed by atoms with van der Waals surface area (Å²) in [5.74, 6) is -2.60. The first-order chi connectivity index (χ1) is 12.8. The number of allylic oxidation sites excluding steroid dienone is 2. The van der Waals surface area contributed by atoms with Crippen LogP contribution in [-0.2, 0) is 14.4 Å². The van der Waals surface area contributed by atoms with E-state index < -0.39 is 23.9 Å². The predicted octanol–water partition coefficient (Wildman–Crippen LogP) is -0.212. The van der Waals surface area contributed by atoms with E-state index in [0.717, 1.165) is 4.90 Å². The summed E-state index contributed by atoms with van der Waals surface area (Å²) in [6, 6.07) is 5.11. The third kappa shape index (κ3) is 6.44. The van der Waals surface area contributed by atoms with Gasteiger partial charge in [-0.3, -0.25) is 4.79 Å². The van der Waals surface area contributed by atoms with Gasteiger partial charge in [-0.15, -0.1) is 0 Å². The summed E-state index contributed by atoms with van der Waals surface area (Å²) in [6.07, 6.45) is 7.78. The molecule has 1 aromatic rings. The molecular weight excluding hydrogens is 352 g/mol. The van der Waals surface area contributed by atoms with E-state index in [1.165, 1.54) is 30.4 Å². The number of phenols is 1. The molecule has 0 radical (unpaired) electrons. The van der Waals surface area contributed by atoms with Crippen molar-refractivity contribution in [3.63, 3.8) is 0 Å². The van der Waals surface area contributed by atoms with Crippen LogP contribution >= 0.6 is 0 Å². The van der Waals surface area contributed by atoms with Crippen molar-refractivity contribution in [2.45, 2.75) is 12.5 Å². The van der Waals surface area contributed by atoms with Gasteiger partial charge in [-0.25, -0.2) is 9.59 Å². The summed E-state index contributed by atoms with van der Waals surface area (Å²) in [5.41, 5.74) is 0.936. The van der Waals surface area contributed by atoms with Gasteiger partial charge in [0.05, 0.1) is 18.3 Å². The zero-order valence-electron chi connectivity index (χ0n) is 14.5. The Morgan fingerprint density at radius 1 is 1.19 bits per heavy atom. The molecular formula is C19H21N2O6+. The summed E-state index contributed by atoms with van der Waals surface area (Å²) in [5, 5.41) is 30.0. The maximum Gasteiger partial charge on any atom is 0.337 e. The van der Waals surface area contributed by atoms with Crippen molar-refractivity contribution in [3.8, 4) is 5.75 Å². The van der Waals surface area contributed by atoms with Crippen LogP contribution in [0.3, 0.4) is 0 Å². The van der Waals surface area contributed by atoms with E-state index in [-0.39, 0.29) is 24.3 Å². The van der Waals surface area contributed by atoms with Crippen LogP contribution < -0.4 is 10.2 Å². The average Bonchev–Trinajstić information content (AvgIpc) is 2.64. The Hall–Kier alpha value is -3.39. The molecule has 1 aliphatic rings. The van der Waals surface area contributed by atoms with Crippen molar-refractivity contribution in [2.24, 2.45) is 0 Å². The van der Waals surface area contributed by atoms with Gasteiger partial charge in [-0.1, -0.05) is 12.1 Å². The largest absolute Gasteiger partial charge is 0.508 e. The van der Waals surface area contributed by atoms with Gasteiger partial charge in [0.2, 0.25) is 5.91 Å². The molecule has 1 amide bonds. The van der Waals surface area contributed by atoms with E-state index >= 15 is 0 Å². The smallest absolute Gasteiger partial charge is 0.337 e. The first-order valence-corrected chi connectivity index (χ1v) is 8.31. The number of aromatic hydroxyl groups is 1. The van der Waals surface area contributed by atoms with Crippen molar-refractivity contribution in [1.82, 2.24) is 5.32 Å². The highest BCUT2D eigenvalue weighted by molar-refractivity contribution is 5.94. The Kier molecular flexibility index (Phi) is 6.90. The van der Waals surface area contributed by atoms with E-state index in [4.69, 9.17) is 5.11 Å². The molecule has 0 saturated heterocycles. The number of benzene rings is 1. The Balaban J connectivity index is 1.88. The Morgan fingerprint density at radius 3 is 2.52 bits per heavy atom. The normalized spacial score (nSPS) is 17.3. The van der Waals surface area contributed by atoms with Crippen molar-refractivity contribution in [2.75, 3.05) is 13.1 Å². The van der Waals surface area contributed by atoms with Crippen molar-refractivity contribution in [3.05, 3.63) is 59.8 Å². The first kappa shape index (κ1) is 19.9. The number of nitrogens with one attached hydrogen (secondary N) is 2. The summed E-state index contributed by atoms with van der Waals surface area (Å²) in [4.78, 5) is 35.2. The molecule has 8 heteroatoms. The molecule has 2 unspecified atom stereocenters. The van der Waals surface area contributed by atoms with Crippen LogP contribution in [0.25, 0.3) is 6.08 Å². The van der Waals surface area contributed by atoms with E-state index in [2.05, 4.69) is 5.32 Å². The third-order valence-corrected chi connectivity index (χ3v) is 4.01. The Morgan fingerprint density at radius 2 is 1.89 bits per heavy atom. The molecule has 0 aliphatic carbocycles. The number of quaternary nitrogens is 1. The lowest BCUT2D eigenvalue weighted by atomic mass is 10.1. The predicted molar refractivity (Wildman–Crippen MR) is 96.9 cm³/mol. The number of carboxylic acid groups (broad SMARTS) is 2. The monoisotopic (exact) mass is 373 g/mol. The maximum atomic E-state index is 12.0. The van der Waals surface area contributed by atoms with Crippen molar-refractivity contribution in [1.29, 1.82) is 0 Å². The Bertz CT molecular complexity index is 795. The van der Waals surface area contributed by atoms with E-state index in [9.17, 15) is 24.6 Å². The maximum absolute atomic E-state index is 12.0. The van der Waals surface area contributed by atoms with Crippen LogP contribution in [0.15, 0.2) is 54.3 Å². The van der Waals surface area contributed by atoms with Gasteiger partial charge in [-0.05, 0) is 35.9 Å². The van der Waals surface area contributed by atoms with Gasteiger partial charge < -0.3 is 25.5 Å². The average molecular weight is 373 g/mol. The number of carbonyl (C=O) groups excluding carboxylic acids is 1. The number of amides is 1. The molecule has 0 aromatic heterocycles. The summed E-state index contributed by atoms with van der Waals surface area (Å²) in [6.45, 7) is 0.618. The van der Waals surface area contributed by atoms with E-state index in [1.54, 1.807) is 24.4 Å². The van der Waals surface area contributed by atoms with Crippen LogP contribution in [0.4, 0.5) is 0 Å². The molecule has 1 aromatic carbocycles. The molecule has 2 atom stereocenters. The molecule has 1 aliphatic heterocycles. The molecule has 5 N–H and O–H groups in total. The minimum atomic E-state index is -1.16. The lowest BCUT2D eigenvalue weighted by molar-refractivity contribution is -0.842. The number of aliphatic carboxylic acids is 2. The molecule has 0 bridgehead atoms. The fourth-order valence-corrected chi connectivity index (χ4v) is 2.55. The highest BCUT2D eigenvalue weighted by Crippen LogP contribution is 2.10. The minimum absolute atomic E-state index is 0.109. The SMILES string of the molecule is O=C(C=Cc1ccc(O)cc1)NC(CC[NH+]1C=CC=C(C(=O)O)C1)C(=O)O. The van der Waals surface area contributed by atoms with Crippen molar-refractivity contribution >= 4 is 23.9 Å². The molecule has 0 fully saturated rings. The lowest BCUT2D eigenvalue weighted by Crippen LogP contribution is -3.08. The van der Waals surface area contributed by atoms with Gasteiger partial charge in [0.15, 0.2) is 0 Å². The van der Waals surface area contributed by atoms with Gasteiger partial charge in [0.1, 0.15) is 18.3 Å². The second-order valence-corrected chi connectivity index (χ2v) is 6.05. The quantitative estimate of drug-likeness (QED) is 0.401. The van der Waals surface area contributed by atoms with Crippen LogP contribution in [0.2, 0.25) is 0 Å². The minimum Gasteiger partial charge on any atom is -0.508 e. The lowest BCUT2D eigenvalue weighted by Gasteiger charge is -2.20. The fraction of sp³-hybridized carbons (Fsp3) is 0.211. The van der Waals surface area contributed by atoms with Gasteiger partial charge >= 0.3 is 11.9 Å². The molecule has 2 rings (SSSR count). The van der Waals surface area contributed by atoms with E-state index in [1.807, 2.05) is 0 Å². The number of hydrogen-bond acceptors (Lipinski definition) is 4. The van der Waals surface area contributed by atoms with Crippen LogP contribution in [-0.4, -0.2) is 52.3 Å². The number of phenolic OH excluding ortho intramolecular Hbond substituents is 1. The van der Waals surface area contributed by atoms with Gasteiger partial charge in [0.25, 0.3) is 0 Å². The number of hydrogen-bond donors (Lipinski definition) is 5. The second-order valence-electron chi connectivity index (χ2n) is 6.05. The van der Waals surface area contributed by atoms with Crippen LogP contribution in [0.1, 0.15) is 12.0 Å². The number of rotatable bonds is 8. The zero-order valence-corrected chi connectivity index (χ0v) is 14.5. The van der Waals surface area contributed by atoms with Crippen LogP contribution in [0, 0.1) is 0 Å². The highest BCUT2D eigenvalue weighted by atomic mass is 16.4. The zero-order chi connectivity index (χ0) is 19.8. The molecule has 0 spiro atoms. The second kappa shape index (κ2) is 9.35. The van der Waals surface area contributed by atoms with Gasteiger partial charge in [0, 0.05) is 12.5 Å². The summed E-state index contributed by atoms with van der Waals surface area (Å²) in [7, 11) is 0. The van der Waals surface area contributed by atoms with Crippen LogP contribution in [0.5, 0.6) is 5.75 Å². The Labute approximate surface area is 155 Å². The molecule has 27 heavy (non-hydrogen) atoms. The van der Waals surface area contributed by atoms with Gasteiger partial charge in [-0.2, -0.15) is 0 Å². The number of carboxylic acids is 2. The molecule has 142 valence electrons. The van der Waals surface area contributed by atoms with E-state index in [0.29, 0.717) is 12.1 Å². The molecule has 8 nitrogen and oxygen atoms in total.